The molecule has 0 aromatic heterocycles. The molecule has 1 fully saturated rings. The summed E-state index contributed by atoms with van der Waals surface area (Å²) in [5, 5.41) is 3.70. The molecule has 2 aromatic rings. The van der Waals surface area contributed by atoms with Crippen molar-refractivity contribution >= 4 is 40.7 Å². The van der Waals surface area contributed by atoms with Crippen LogP contribution in [0.3, 0.4) is 0 Å². The molecule has 0 spiro atoms. The molecule has 2 atom stereocenters. The van der Waals surface area contributed by atoms with Gasteiger partial charge in [0.25, 0.3) is 0 Å². The van der Waals surface area contributed by atoms with Crippen LogP contribution in [-0.4, -0.2) is 18.4 Å². The predicted molar refractivity (Wildman–Crippen MR) is 99.9 cm³/mol. The number of nitrogens with zero attached hydrogens (tertiary/aromatic N) is 1. The molecule has 3 rings (SSSR count). The van der Waals surface area contributed by atoms with Crippen LogP contribution in [0.2, 0.25) is 10.0 Å². The summed E-state index contributed by atoms with van der Waals surface area (Å²) in [6.45, 7) is 2.22. The normalized spacial score (nSPS) is 18.3. The van der Waals surface area contributed by atoms with E-state index in [0.29, 0.717) is 22.3 Å². The zero-order valence-electron chi connectivity index (χ0n) is 13.7. The number of hydrogen-bond acceptors (Lipinski definition) is 2. The summed E-state index contributed by atoms with van der Waals surface area (Å²) in [6.07, 6.45) is 0.163. The molecule has 0 aliphatic carbocycles. The summed E-state index contributed by atoms with van der Waals surface area (Å²) in [7, 11) is 0. The van der Waals surface area contributed by atoms with Gasteiger partial charge >= 0.3 is 0 Å². The molecule has 130 valence electrons. The smallest absolute Gasteiger partial charge is 0.227 e. The van der Waals surface area contributed by atoms with Crippen molar-refractivity contribution in [2.45, 2.75) is 19.4 Å². The Morgan fingerprint density at radius 3 is 2.60 bits per heavy atom. The van der Waals surface area contributed by atoms with Gasteiger partial charge in [0.2, 0.25) is 11.8 Å². The first-order valence-corrected chi connectivity index (χ1v) is 8.82. The summed E-state index contributed by atoms with van der Waals surface area (Å²) < 4.78 is 0. The van der Waals surface area contributed by atoms with E-state index < -0.39 is 5.92 Å². The van der Waals surface area contributed by atoms with Crippen molar-refractivity contribution in [1.82, 2.24) is 5.32 Å². The van der Waals surface area contributed by atoms with Gasteiger partial charge in [-0.1, -0.05) is 59.6 Å². The molecular weight excluding hydrogens is 359 g/mol. The molecule has 1 N–H and O–H groups in total. The molecule has 0 unspecified atom stereocenters. The van der Waals surface area contributed by atoms with Crippen LogP contribution >= 0.6 is 23.2 Å². The van der Waals surface area contributed by atoms with Crippen LogP contribution in [0, 0.1) is 5.92 Å². The lowest BCUT2D eigenvalue weighted by molar-refractivity contribution is -0.126. The van der Waals surface area contributed by atoms with Crippen LogP contribution in [0.5, 0.6) is 0 Å². The third-order valence-electron chi connectivity index (χ3n) is 4.38. The fraction of sp³-hybridized carbons (Fsp3) is 0.263. The van der Waals surface area contributed by atoms with Gasteiger partial charge in [0.05, 0.1) is 27.7 Å². The minimum Gasteiger partial charge on any atom is -0.349 e. The molecule has 0 bridgehead atoms. The van der Waals surface area contributed by atoms with E-state index in [1.54, 1.807) is 18.2 Å². The fourth-order valence-corrected chi connectivity index (χ4v) is 3.37. The Balaban J connectivity index is 1.70. The van der Waals surface area contributed by atoms with Crippen molar-refractivity contribution < 1.29 is 9.59 Å². The van der Waals surface area contributed by atoms with E-state index in [-0.39, 0.29) is 24.3 Å². The van der Waals surface area contributed by atoms with E-state index in [0.717, 1.165) is 5.56 Å². The SMILES string of the molecule is C[C@H](NC(=O)[C@H]1CC(=O)N(c2cccc(Cl)c2Cl)C1)c1ccccc1. The second-order valence-electron chi connectivity index (χ2n) is 6.12. The lowest BCUT2D eigenvalue weighted by atomic mass is 10.1. The first-order valence-electron chi connectivity index (χ1n) is 8.07. The van der Waals surface area contributed by atoms with Crippen molar-refractivity contribution in [2.75, 3.05) is 11.4 Å². The van der Waals surface area contributed by atoms with Crippen molar-refractivity contribution in [3.8, 4) is 0 Å². The number of carbonyl (C=O) groups is 2. The molecule has 2 aromatic carbocycles. The number of rotatable bonds is 4. The molecule has 0 saturated carbocycles. The van der Waals surface area contributed by atoms with Gasteiger partial charge in [-0.2, -0.15) is 0 Å². The van der Waals surface area contributed by atoms with E-state index in [1.807, 2.05) is 37.3 Å². The number of nitrogens with one attached hydrogen (secondary N) is 1. The summed E-state index contributed by atoms with van der Waals surface area (Å²) in [5.41, 5.74) is 1.57. The highest BCUT2D eigenvalue weighted by Gasteiger charge is 2.36. The molecule has 2 amide bonds. The summed E-state index contributed by atoms with van der Waals surface area (Å²) in [4.78, 5) is 26.4. The second-order valence-corrected chi connectivity index (χ2v) is 6.90. The van der Waals surface area contributed by atoms with Crippen LogP contribution < -0.4 is 10.2 Å². The number of hydrogen-bond donors (Lipinski definition) is 1. The van der Waals surface area contributed by atoms with Crippen LogP contribution in [-0.2, 0) is 9.59 Å². The second kappa shape index (κ2) is 7.46. The number of amides is 2. The Kier molecular flexibility index (Phi) is 5.30. The molecule has 1 aliphatic heterocycles. The topological polar surface area (TPSA) is 49.4 Å². The average Bonchev–Trinajstić information content (AvgIpc) is 3.00. The Morgan fingerprint density at radius 1 is 1.16 bits per heavy atom. The van der Waals surface area contributed by atoms with E-state index >= 15 is 0 Å². The van der Waals surface area contributed by atoms with Gasteiger partial charge in [-0.3, -0.25) is 9.59 Å². The first-order chi connectivity index (χ1) is 12.0. The van der Waals surface area contributed by atoms with E-state index in [1.165, 1.54) is 4.90 Å². The Hall–Kier alpha value is -2.04. The zero-order chi connectivity index (χ0) is 18.0. The number of benzene rings is 2. The largest absolute Gasteiger partial charge is 0.349 e. The molecule has 4 nitrogen and oxygen atoms in total. The monoisotopic (exact) mass is 376 g/mol. The minimum atomic E-state index is -0.409. The molecule has 1 aliphatic rings. The highest BCUT2D eigenvalue weighted by molar-refractivity contribution is 6.44. The average molecular weight is 377 g/mol. The highest BCUT2D eigenvalue weighted by atomic mass is 35.5. The van der Waals surface area contributed by atoms with Gasteiger partial charge in [-0.25, -0.2) is 0 Å². The zero-order valence-corrected chi connectivity index (χ0v) is 15.2. The van der Waals surface area contributed by atoms with Crippen LogP contribution in [0.1, 0.15) is 24.9 Å². The molecule has 6 heteroatoms. The van der Waals surface area contributed by atoms with Crippen LogP contribution in [0.25, 0.3) is 0 Å². The molecular formula is C19H18Cl2N2O2. The summed E-state index contributed by atoms with van der Waals surface area (Å²) in [6, 6.07) is 14.7. The molecule has 1 heterocycles. The Morgan fingerprint density at radius 2 is 1.88 bits per heavy atom. The minimum absolute atomic E-state index is 0.118. The molecule has 25 heavy (non-hydrogen) atoms. The highest BCUT2D eigenvalue weighted by Crippen LogP contribution is 2.35. The van der Waals surface area contributed by atoms with Gasteiger partial charge in [0, 0.05) is 13.0 Å². The summed E-state index contributed by atoms with van der Waals surface area (Å²) in [5.74, 6) is -0.671. The van der Waals surface area contributed by atoms with Gasteiger partial charge < -0.3 is 10.2 Å². The van der Waals surface area contributed by atoms with Crippen molar-refractivity contribution in [3.05, 3.63) is 64.1 Å². The third-order valence-corrected chi connectivity index (χ3v) is 5.19. The van der Waals surface area contributed by atoms with Gasteiger partial charge in [0.1, 0.15) is 0 Å². The van der Waals surface area contributed by atoms with Gasteiger partial charge in [0.15, 0.2) is 0 Å². The first kappa shape index (κ1) is 17.8. The maximum absolute atomic E-state index is 12.6. The Bertz CT molecular complexity index is 795. The lowest BCUT2D eigenvalue weighted by Crippen LogP contribution is -2.34. The van der Waals surface area contributed by atoms with E-state index in [4.69, 9.17) is 23.2 Å². The number of anilines is 1. The van der Waals surface area contributed by atoms with Gasteiger partial charge in [-0.15, -0.1) is 0 Å². The van der Waals surface area contributed by atoms with Crippen molar-refractivity contribution in [3.63, 3.8) is 0 Å². The standard InChI is InChI=1S/C19H18Cl2N2O2/c1-12(13-6-3-2-4-7-13)22-19(25)14-10-17(24)23(11-14)16-9-5-8-15(20)18(16)21/h2-9,12,14H,10-11H2,1H3,(H,22,25)/t12-,14-/m0/s1. The molecule has 1 saturated heterocycles. The maximum Gasteiger partial charge on any atom is 0.227 e. The van der Waals surface area contributed by atoms with Crippen molar-refractivity contribution in [2.24, 2.45) is 5.92 Å². The fourth-order valence-electron chi connectivity index (χ4n) is 2.97. The van der Waals surface area contributed by atoms with E-state index in [9.17, 15) is 9.59 Å². The predicted octanol–water partition coefficient (Wildman–Crippen LogP) is 4.22. The van der Waals surface area contributed by atoms with Gasteiger partial charge in [-0.05, 0) is 24.6 Å². The van der Waals surface area contributed by atoms with E-state index in [2.05, 4.69) is 5.32 Å². The van der Waals surface area contributed by atoms with Crippen LogP contribution in [0.4, 0.5) is 5.69 Å². The van der Waals surface area contributed by atoms with Crippen LogP contribution in [0.15, 0.2) is 48.5 Å². The third kappa shape index (κ3) is 3.80. The lowest BCUT2D eigenvalue weighted by Gasteiger charge is -2.20. The summed E-state index contributed by atoms with van der Waals surface area (Å²) >= 11 is 12.2. The maximum atomic E-state index is 12.6. The number of halogens is 2. The molecule has 0 radical (unpaired) electrons. The van der Waals surface area contributed by atoms with Crippen molar-refractivity contribution in [1.29, 1.82) is 0 Å². The Labute approximate surface area is 156 Å². The quantitative estimate of drug-likeness (QED) is 0.867. The number of carbonyl (C=O) groups excluding carboxylic acids is 2.